The second kappa shape index (κ2) is 14.6. The maximum absolute atomic E-state index is 14.1. The Bertz CT molecular complexity index is 2180. The van der Waals surface area contributed by atoms with E-state index >= 15 is 0 Å². The Labute approximate surface area is 281 Å². The average Bonchev–Trinajstić information content (AvgIpc) is 3.42. The summed E-state index contributed by atoms with van der Waals surface area (Å²) in [6.07, 6.45) is 3.27. The number of esters is 1. The van der Waals surface area contributed by atoms with E-state index in [0.717, 1.165) is 21.9 Å². The Kier molecular flexibility index (Phi) is 9.91. The van der Waals surface area contributed by atoms with Crippen LogP contribution in [0.4, 0.5) is 0 Å². The van der Waals surface area contributed by atoms with Gasteiger partial charge < -0.3 is 23.7 Å². The predicted molar refractivity (Wildman–Crippen MR) is 186 cm³/mol. The topological polar surface area (TPSA) is 97.6 Å². The van der Waals surface area contributed by atoms with Crippen LogP contribution in [0.3, 0.4) is 0 Å². The van der Waals surface area contributed by atoms with Gasteiger partial charge >= 0.3 is 5.97 Å². The van der Waals surface area contributed by atoms with Crippen LogP contribution in [-0.4, -0.2) is 37.5 Å². The number of thiazole rings is 1. The third-order valence-corrected chi connectivity index (χ3v) is 8.83. The van der Waals surface area contributed by atoms with E-state index in [-0.39, 0.29) is 11.1 Å². The molecule has 0 spiro atoms. The molecule has 246 valence electrons. The van der Waals surface area contributed by atoms with Crippen molar-refractivity contribution in [1.82, 2.24) is 4.57 Å². The van der Waals surface area contributed by atoms with Crippen molar-refractivity contribution in [2.24, 2.45) is 4.99 Å². The summed E-state index contributed by atoms with van der Waals surface area (Å²) in [4.78, 5) is 31.9. The first-order valence-corrected chi connectivity index (χ1v) is 16.6. The Morgan fingerprint density at radius 2 is 1.52 bits per heavy atom. The molecule has 0 saturated carbocycles. The number of carbonyl (C=O) groups is 1. The molecule has 4 aromatic carbocycles. The SMILES string of the molecule is CCOc1ccc([C@@H]2C(C(=O)OC)=CN=c3s/c(=C\c4ccc(OCc5cccc6ccccc56)c(OCC)c4)c(=O)n32)cc1OCC. The van der Waals surface area contributed by atoms with Crippen LogP contribution >= 0.6 is 11.3 Å². The Morgan fingerprint density at radius 1 is 0.833 bits per heavy atom. The maximum atomic E-state index is 14.1. The number of methoxy groups -OCH3 is 1. The zero-order chi connectivity index (χ0) is 33.6. The lowest BCUT2D eigenvalue weighted by Gasteiger charge is -2.23. The van der Waals surface area contributed by atoms with Crippen LogP contribution in [0.1, 0.15) is 43.5 Å². The monoisotopic (exact) mass is 664 g/mol. The zero-order valence-electron chi connectivity index (χ0n) is 27.2. The first-order valence-electron chi connectivity index (χ1n) is 15.8. The van der Waals surface area contributed by atoms with Crippen LogP contribution in [0.15, 0.2) is 100 Å². The Hall–Kier alpha value is -5.35. The average molecular weight is 665 g/mol. The largest absolute Gasteiger partial charge is 0.490 e. The predicted octanol–water partition coefficient (Wildman–Crippen LogP) is 5.95. The van der Waals surface area contributed by atoms with Gasteiger partial charge in [-0.2, -0.15) is 0 Å². The van der Waals surface area contributed by atoms with Crippen molar-refractivity contribution in [1.29, 1.82) is 0 Å². The highest BCUT2D eigenvalue weighted by molar-refractivity contribution is 7.07. The van der Waals surface area contributed by atoms with Crippen molar-refractivity contribution in [3.05, 3.63) is 127 Å². The van der Waals surface area contributed by atoms with Gasteiger partial charge in [-0.15, -0.1) is 0 Å². The third-order valence-electron chi connectivity index (χ3n) is 7.84. The van der Waals surface area contributed by atoms with E-state index in [9.17, 15) is 9.59 Å². The fourth-order valence-corrected chi connectivity index (χ4v) is 6.68. The van der Waals surface area contributed by atoms with E-state index in [4.69, 9.17) is 23.7 Å². The summed E-state index contributed by atoms with van der Waals surface area (Å²) < 4.78 is 30.9. The number of ether oxygens (including phenoxy) is 5. The lowest BCUT2D eigenvalue weighted by atomic mass is 9.97. The van der Waals surface area contributed by atoms with Crippen LogP contribution < -0.4 is 33.8 Å². The van der Waals surface area contributed by atoms with Crippen molar-refractivity contribution in [2.75, 3.05) is 26.9 Å². The van der Waals surface area contributed by atoms with Gasteiger partial charge in [0.25, 0.3) is 5.56 Å². The van der Waals surface area contributed by atoms with Crippen LogP contribution in [0.2, 0.25) is 0 Å². The molecule has 0 amide bonds. The summed E-state index contributed by atoms with van der Waals surface area (Å²) >= 11 is 1.24. The lowest BCUT2D eigenvalue weighted by molar-refractivity contribution is -0.136. The molecule has 0 N–H and O–H groups in total. The lowest BCUT2D eigenvalue weighted by Crippen LogP contribution is -2.39. The fourth-order valence-electron chi connectivity index (χ4n) is 5.71. The molecule has 0 saturated heterocycles. The van der Waals surface area contributed by atoms with Gasteiger partial charge in [0.05, 0.1) is 43.1 Å². The van der Waals surface area contributed by atoms with Gasteiger partial charge in [-0.25, -0.2) is 9.79 Å². The molecule has 10 heteroatoms. The molecular formula is C38H36N2O7S. The highest BCUT2D eigenvalue weighted by atomic mass is 32.1. The van der Waals surface area contributed by atoms with E-state index in [0.29, 0.717) is 64.3 Å². The molecule has 9 nitrogen and oxygen atoms in total. The molecule has 0 fully saturated rings. The van der Waals surface area contributed by atoms with Crippen molar-refractivity contribution >= 4 is 34.2 Å². The third kappa shape index (κ3) is 6.57. The second-order valence-corrected chi connectivity index (χ2v) is 11.8. The van der Waals surface area contributed by atoms with Gasteiger partial charge in [0.15, 0.2) is 27.8 Å². The standard InChI is InChI=1S/C38H36N2O7S/c1-5-44-30-18-16-26(21-33(30)46-7-3)35-29(37(42)43-4)22-39-38-40(35)36(41)34(48-38)20-24-15-17-31(32(19-24)45-6-2)47-23-27-13-10-12-25-11-8-9-14-28(25)27/h8-22,35H,5-7,23H2,1-4H3/b34-20-/t35-/m1/s1. The van der Waals surface area contributed by atoms with Crippen molar-refractivity contribution < 1.29 is 28.5 Å². The van der Waals surface area contributed by atoms with E-state index < -0.39 is 12.0 Å². The van der Waals surface area contributed by atoms with Crippen molar-refractivity contribution in [2.45, 2.75) is 33.4 Å². The van der Waals surface area contributed by atoms with E-state index in [1.54, 1.807) is 18.2 Å². The summed E-state index contributed by atoms with van der Waals surface area (Å²) in [7, 11) is 1.31. The second-order valence-electron chi connectivity index (χ2n) is 10.8. The quantitative estimate of drug-likeness (QED) is 0.152. The van der Waals surface area contributed by atoms with Gasteiger partial charge in [-0.3, -0.25) is 9.36 Å². The number of hydrogen-bond donors (Lipinski definition) is 0. The van der Waals surface area contributed by atoms with E-state index in [1.807, 2.05) is 63.2 Å². The summed E-state index contributed by atoms with van der Waals surface area (Å²) in [6, 6.07) is 24.6. The Morgan fingerprint density at radius 3 is 2.29 bits per heavy atom. The number of fused-ring (bicyclic) bond motifs is 2. The molecule has 1 aliphatic rings. The molecule has 0 bridgehead atoms. The highest BCUT2D eigenvalue weighted by Crippen LogP contribution is 2.35. The minimum absolute atomic E-state index is 0.231. The maximum Gasteiger partial charge on any atom is 0.337 e. The van der Waals surface area contributed by atoms with Gasteiger partial charge in [0.2, 0.25) is 0 Å². The first kappa shape index (κ1) is 32.6. The normalized spacial score (nSPS) is 14.1. The molecule has 6 rings (SSSR count). The van der Waals surface area contributed by atoms with Crippen LogP contribution in [0.5, 0.6) is 23.0 Å². The number of nitrogens with zero attached hydrogens (tertiary/aromatic N) is 2. The number of aromatic nitrogens is 1. The fraction of sp³-hybridized carbons (Fsp3) is 0.237. The first-order chi connectivity index (χ1) is 23.4. The summed E-state index contributed by atoms with van der Waals surface area (Å²) in [6.45, 7) is 7.38. The molecule has 0 radical (unpaired) electrons. The smallest absolute Gasteiger partial charge is 0.337 e. The zero-order valence-corrected chi connectivity index (χ0v) is 28.0. The van der Waals surface area contributed by atoms with E-state index in [1.165, 1.54) is 29.2 Å². The molecule has 0 unspecified atom stereocenters. The summed E-state index contributed by atoms with van der Waals surface area (Å²) in [5.41, 5.74) is 2.42. The number of rotatable bonds is 12. The molecule has 0 aliphatic carbocycles. The van der Waals surface area contributed by atoms with Crippen LogP contribution in [-0.2, 0) is 16.1 Å². The van der Waals surface area contributed by atoms with Crippen LogP contribution in [0.25, 0.3) is 16.8 Å². The molecule has 48 heavy (non-hydrogen) atoms. The van der Waals surface area contributed by atoms with Gasteiger partial charge in [0, 0.05) is 6.20 Å². The van der Waals surface area contributed by atoms with Crippen molar-refractivity contribution in [3.63, 3.8) is 0 Å². The number of carbonyl (C=O) groups excluding carboxylic acids is 1. The molecule has 1 aromatic heterocycles. The van der Waals surface area contributed by atoms with Gasteiger partial charge in [-0.05, 0) is 78.6 Å². The molecule has 1 atom stereocenters. The summed E-state index contributed by atoms with van der Waals surface area (Å²) in [5.74, 6) is 1.69. The Balaban J connectivity index is 1.37. The van der Waals surface area contributed by atoms with Gasteiger partial charge in [-0.1, -0.05) is 65.9 Å². The number of benzene rings is 4. The minimum atomic E-state index is -0.783. The molecule has 5 aromatic rings. The molecule has 2 heterocycles. The summed E-state index contributed by atoms with van der Waals surface area (Å²) in [5, 5.41) is 2.29. The van der Waals surface area contributed by atoms with Gasteiger partial charge in [0.1, 0.15) is 6.61 Å². The molecular weight excluding hydrogens is 628 g/mol. The number of hydrogen-bond acceptors (Lipinski definition) is 9. The van der Waals surface area contributed by atoms with Crippen molar-refractivity contribution in [3.8, 4) is 23.0 Å². The minimum Gasteiger partial charge on any atom is -0.490 e. The van der Waals surface area contributed by atoms with E-state index in [2.05, 4.69) is 29.3 Å². The molecule has 1 aliphatic heterocycles. The highest BCUT2D eigenvalue weighted by Gasteiger charge is 2.31. The van der Waals surface area contributed by atoms with Crippen LogP contribution in [0, 0.1) is 0 Å².